The number of alkyl halides is 3. The third kappa shape index (κ3) is 5.30. The minimum atomic E-state index is -4.38. The second-order valence-corrected chi connectivity index (χ2v) is 10.4. The summed E-state index contributed by atoms with van der Waals surface area (Å²) in [4.78, 5) is 14.2. The van der Waals surface area contributed by atoms with Crippen molar-refractivity contribution in [1.29, 1.82) is 0 Å². The molecule has 1 unspecified atom stereocenters. The maximum Gasteiger partial charge on any atom is 0.416 e. The van der Waals surface area contributed by atoms with Crippen LogP contribution in [0.2, 0.25) is 0 Å². The van der Waals surface area contributed by atoms with Crippen LogP contribution in [-0.2, 0) is 27.4 Å². The molecular weight excluding hydrogens is 453 g/mol. The van der Waals surface area contributed by atoms with Gasteiger partial charge in [-0.05, 0) is 41.0 Å². The van der Waals surface area contributed by atoms with Crippen molar-refractivity contribution >= 4 is 28.1 Å². The number of benzene rings is 2. The fraction of sp³-hybridized carbons (Fsp3) is 0.375. The molecule has 2 aromatic rings. The van der Waals surface area contributed by atoms with Crippen molar-refractivity contribution < 1.29 is 26.4 Å². The van der Waals surface area contributed by atoms with Crippen LogP contribution in [0, 0.1) is 0 Å². The number of carbonyl (C=O) groups is 1. The van der Waals surface area contributed by atoms with Gasteiger partial charge in [-0.15, -0.1) is 0 Å². The van der Waals surface area contributed by atoms with E-state index in [1.807, 2.05) is 30.3 Å². The zero-order chi connectivity index (χ0) is 23.6. The molecule has 176 valence electrons. The molecule has 0 spiro atoms. The molecule has 1 amide bonds. The van der Waals surface area contributed by atoms with Gasteiger partial charge in [0.1, 0.15) is 0 Å². The predicted molar refractivity (Wildman–Crippen MR) is 120 cm³/mol. The van der Waals surface area contributed by atoms with E-state index >= 15 is 0 Å². The number of hydrogen-bond acceptors (Lipinski definition) is 3. The van der Waals surface area contributed by atoms with E-state index in [1.54, 1.807) is 11.0 Å². The summed E-state index contributed by atoms with van der Waals surface area (Å²) in [5, 5.41) is 1.33. The van der Waals surface area contributed by atoms with E-state index in [9.17, 15) is 26.4 Å². The number of carbonyl (C=O) groups excluding carboxylic acids is 1. The number of halogens is 3. The molecule has 9 heteroatoms. The number of hydrogen-bond donors (Lipinski definition) is 0. The van der Waals surface area contributed by atoms with Gasteiger partial charge in [0.05, 0.1) is 10.8 Å². The third-order valence-electron chi connectivity index (χ3n) is 6.17. The Bertz CT molecular complexity index is 1230. The van der Waals surface area contributed by atoms with Crippen LogP contribution in [0.3, 0.4) is 0 Å². The molecular formula is C24H25F3N2O3S. The lowest BCUT2D eigenvalue weighted by Crippen LogP contribution is -2.52. The van der Waals surface area contributed by atoms with E-state index in [1.165, 1.54) is 16.4 Å². The highest BCUT2D eigenvalue weighted by Gasteiger charge is 2.34. The maximum absolute atomic E-state index is 13.1. The van der Waals surface area contributed by atoms with Gasteiger partial charge in [-0.2, -0.15) is 17.5 Å². The molecule has 0 radical (unpaired) electrons. The summed E-state index contributed by atoms with van der Waals surface area (Å²) in [5.41, 5.74) is -0.0619. The fourth-order valence-corrected chi connectivity index (χ4v) is 5.93. The smallest absolute Gasteiger partial charge is 0.340 e. The van der Waals surface area contributed by atoms with Gasteiger partial charge in [-0.1, -0.05) is 48.6 Å². The Morgan fingerprint density at radius 2 is 1.58 bits per heavy atom. The first-order valence-electron chi connectivity index (χ1n) is 10.8. The summed E-state index contributed by atoms with van der Waals surface area (Å²) in [6, 6.07) is 12.5. The average molecular weight is 479 g/mol. The monoisotopic (exact) mass is 478 g/mol. The Kier molecular flexibility index (Phi) is 6.63. The molecule has 2 aromatic carbocycles. The number of nitrogens with zero attached hydrogens (tertiary/aromatic N) is 2. The largest absolute Gasteiger partial charge is 0.416 e. The van der Waals surface area contributed by atoms with Gasteiger partial charge in [0.2, 0.25) is 15.9 Å². The lowest BCUT2D eigenvalue weighted by molar-refractivity contribution is -0.137. The number of piperazine rings is 1. The Morgan fingerprint density at radius 3 is 2.21 bits per heavy atom. The van der Waals surface area contributed by atoms with Gasteiger partial charge in [0, 0.05) is 32.6 Å². The van der Waals surface area contributed by atoms with E-state index in [0.717, 1.165) is 22.6 Å². The Balaban J connectivity index is 1.31. The van der Waals surface area contributed by atoms with E-state index in [4.69, 9.17) is 0 Å². The number of aryl methyl sites for hydroxylation is 1. The Hall–Kier alpha value is -2.65. The lowest BCUT2D eigenvalue weighted by Gasteiger charge is -2.35. The standard InChI is InChI=1S/C24H25F3N2O3S/c25-24(26,27)21-9-5-18(6-10-21)7-12-23(30)28-13-15-29(16-14-28)33(31,32)22-11-8-19-3-1-2-4-20(19)17-22/h1-6,8-10,17,22H,7,11-16H2. The molecule has 33 heavy (non-hydrogen) atoms. The SMILES string of the molecule is O=C(CCc1ccc(C(F)(F)F)cc1)N1CCN(S(=O)(=O)C2C=c3ccccc3=CC2)CC1. The molecule has 1 saturated heterocycles. The predicted octanol–water partition coefficient (Wildman–Crippen LogP) is 2.15. The summed E-state index contributed by atoms with van der Waals surface area (Å²) < 4.78 is 65.7. The molecule has 0 bridgehead atoms. The summed E-state index contributed by atoms with van der Waals surface area (Å²) in [7, 11) is -3.53. The summed E-state index contributed by atoms with van der Waals surface area (Å²) in [6.07, 6.45) is 0.281. The van der Waals surface area contributed by atoms with Crippen molar-refractivity contribution in [1.82, 2.24) is 9.21 Å². The van der Waals surface area contributed by atoms with Crippen LogP contribution in [-0.4, -0.2) is 55.0 Å². The third-order valence-corrected chi connectivity index (χ3v) is 8.35. The van der Waals surface area contributed by atoms with Crippen LogP contribution in [0.4, 0.5) is 13.2 Å². The summed E-state index contributed by atoms with van der Waals surface area (Å²) in [6.45, 7) is 1.08. The molecule has 0 aromatic heterocycles. The molecule has 2 aliphatic rings. The molecule has 1 atom stereocenters. The topological polar surface area (TPSA) is 57.7 Å². The van der Waals surface area contributed by atoms with Gasteiger partial charge < -0.3 is 4.90 Å². The van der Waals surface area contributed by atoms with Crippen LogP contribution >= 0.6 is 0 Å². The molecule has 1 heterocycles. The van der Waals surface area contributed by atoms with E-state index in [-0.39, 0.29) is 25.4 Å². The number of sulfonamides is 1. The Morgan fingerprint density at radius 1 is 0.939 bits per heavy atom. The van der Waals surface area contributed by atoms with E-state index in [2.05, 4.69) is 0 Å². The first-order valence-corrected chi connectivity index (χ1v) is 12.3. The van der Waals surface area contributed by atoms with Crippen molar-refractivity contribution in [3.63, 3.8) is 0 Å². The first kappa shape index (κ1) is 23.5. The second-order valence-electron chi connectivity index (χ2n) is 8.29. The highest BCUT2D eigenvalue weighted by molar-refractivity contribution is 7.90. The average Bonchev–Trinajstić information content (AvgIpc) is 2.82. The fourth-order valence-electron chi connectivity index (χ4n) is 4.22. The normalized spacial score (nSPS) is 19.4. The highest BCUT2D eigenvalue weighted by atomic mass is 32.2. The highest BCUT2D eigenvalue weighted by Crippen LogP contribution is 2.29. The Labute approximate surface area is 190 Å². The van der Waals surface area contributed by atoms with Crippen LogP contribution in [0.5, 0.6) is 0 Å². The number of fused-ring (bicyclic) bond motifs is 1. The molecule has 4 rings (SSSR count). The van der Waals surface area contributed by atoms with Crippen LogP contribution in [0.1, 0.15) is 24.0 Å². The van der Waals surface area contributed by atoms with Gasteiger partial charge in [-0.25, -0.2) is 8.42 Å². The van der Waals surface area contributed by atoms with Crippen molar-refractivity contribution in [3.05, 3.63) is 70.1 Å². The number of amides is 1. The van der Waals surface area contributed by atoms with Crippen LogP contribution in [0.15, 0.2) is 48.5 Å². The van der Waals surface area contributed by atoms with Crippen molar-refractivity contribution in [2.24, 2.45) is 0 Å². The van der Waals surface area contributed by atoms with Gasteiger partial charge in [0.25, 0.3) is 0 Å². The molecule has 1 fully saturated rings. The molecule has 0 saturated carbocycles. The van der Waals surface area contributed by atoms with Crippen LogP contribution < -0.4 is 10.4 Å². The zero-order valence-electron chi connectivity index (χ0n) is 18.0. The van der Waals surface area contributed by atoms with Gasteiger partial charge in [0.15, 0.2) is 0 Å². The van der Waals surface area contributed by atoms with E-state index < -0.39 is 27.0 Å². The second kappa shape index (κ2) is 9.30. The van der Waals surface area contributed by atoms with Crippen molar-refractivity contribution in [2.75, 3.05) is 26.2 Å². The van der Waals surface area contributed by atoms with Crippen LogP contribution in [0.25, 0.3) is 12.2 Å². The number of rotatable bonds is 5. The minimum absolute atomic E-state index is 0.126. The van der Waals surface area contributed by atoms with Gasteiger partial charge in [-0.3, -0.25) is 4.79 Å². The van der Waals surface area contributed by atoms with Crippen molar-refractivity contribution in [3.8, 4) is 0 Å². The minimum Gasteiger partial charge on any atom is -0.340 e. The maximum atomic E-state index is 13.1. The van der Waals surface area contributed by atoms with Crippen molar-refractivity contribution in [2.45, 2.75) is 30.7 Å². The van der Waals surface area contributed by atoms with Gasteiger partial charge >= 0.3 is 6.18 Å². The molecule has 1 aliphatic heterocycles. The first-order chi connectivity index (χ1) is 15.6. The molecule has 1 aliphatic carbocycles. The summed E-state index contributed by atoms with van der Waals surface area (Å²) in [5.74, 6) is -0.126. The quantitative estimate of drug-likeness (QED) is 0.662. The molecule has 0 N–H and O–H groups in total. The lowest BCUT2D eigenvalue weighted by atomic mass is 10.1. The zero-order valence-corrected chi connectivity index (χ0v) is 18.8. The molecule has 5 nitrogen and oxygen atoms in total. The van der Waals surface area contributed by atoms with E-state index in [0.29, 0.717) is 31.5 Å². The summed E-state index contributed by atoms with van der Waals surface area (Å²) >= 11 is 0.